The fraction of sp³-hybridized carbons (Fsp3) is 0.850. The lowest BCUT2D eigenvalue weighted by molar-refractivity contribution is -0.192. The van der Waals surface area contributed by atoms with Crippen molar-refractivity contribution < 1.29 is 42.1 Å². The smallest absolute Gasteiger partial charge is 0.475 e. The van der Waals surface area contributed by atoms with Crippen LogP contribution in [0, 0.1) is 16.7 Å². The molecule has 2 heterocycles. The number of carbonyl (C=O) groups excluding carboxylic acids is 1. The molecule has 1 aliphatic carbocycles. The molecule has 32 heavy (non-hydrogen) atoms. The van der Waals surface area contributed by atoms with E-state index in [1.54, 1.807) is 0 Å². The first-order chi connectivity index (χ1) is 15.0. The Labute approximate surface area is 183 Å². The molecule has 3 fully saturated rings. The zero-order chi connectivity index (χ0) is 24.0. The monoisotopic (exact) mass is 467 g/mol. The first-order valence-electron chi connectivity index (χ1n) is 10.5. The standard InChI is InChI=1S/C18H28FN3O3.C2HF3O2/c19-14-9-15(10-20)22(12-14)16(24)11-21-18(13-23)3-1-17(2-4-18)5-7-25-8-6-17;3-2(4,5)1(6)7/h14-15,21,23H,1-9,11-13H2;(H,6,7)/t14-,15+;/m1./s1. The molecule has 3 aliphatic rings. The summed E-state index contributed by atoms with van der Waals surface area (Å²) >= 11 is 0. The van der Waals surface area contributed by atoms with Crippen molar-refractivity contribution in [1.29, 1.82) is 5.26 Å². The van der Waals surface area contributed by atoms with Crippen LogP contribution in [0.1, 0.15) is 44.9 Å². The van der Waals surface area contributed by atoms with Crippen LogP contribution in [0.2, 0.25) is 0 Å². The molecule has 1 spiro atoms. The predicted molar refractivity (Wildman–Crippen MR) is 103 cm³/mol. The number of aliphatic hydroxyl groups excluding tert-OH is 1. The number of nitrogens with zero attached hydrogens (tertiary/aromatic N) is 2. The van der Waals surface area contributed by atoms with Crippen LogP contribution in [0.25, 0.3) is 0 Å². The van der Waals surface area contributed by atoms with E-state index in [9.17, 15) is 27.5 Å². The number of halogens is 4. The molecule has 3 rings (SSSR count). The van der Waals surface area contributed by atoms with Crippen molar-refractivity contribution in [2.45, 2.75) is 68.9 Å². The summed E-state index contributed by atoms with van der Waals surface area (Å²) < 4.78 is 50.7. The van der Waals surface area contributed by atoms with Gasteiger partial charge in [-0.05, 0) is 43.9 Å². The number of ether oxygens (including phenoxy) is 1. The van der Waals surface area contributed by atoms with E-state index >= 15 is 0 Å². The molecule has 0 aromatic carbocycles. The topological polar surface area (TPSA) is 123 Å². The van der Waals surface area contributed by atoms with Gasteiger partial charge in [-0.15, -0.1) is 0 Å². The largest absolute Gasteiger partial charge is 0.490 e. The fourth-order valence-electron chi connectivity index (χ4n) is 4.50. The molecule has 0 radical (unpaired) electrons. The summed E-state index contributed by atoms with van der Waals surface area (Å²) in [7, 11) is 0. The number of carboxylic acid groups (broad SMARTS) is 1. The Balaban J connectivity index is 0.000000451. The molecule has 0 aromatic heterocycles. The highest BCUT2D eigenvalue weighted by molar-refractivity contribution is 5.79. The van der Waals surface area contributed by atoms with Crippen LogP contribution >= 0.6 is 0 Å². The first-order valence-corrected chi connectivity index (χ1v) is 10.5. The van der Waals surface area contributed by atoms with E-state index in [1.165, 1.54) is 4.90 Å². The van der Waals surface area contributed by atoms with Gasteiger partial charge in [0, 0.05) is 25.2 Å². The van der Waals surface area contributed by atoms with E-state index in [-0.39, 0.29) is 32.0 Å². The number of nitrogens with one attached hydrogen (secondary N) is 1. The molecule has 0 unspecified atom stereocenters. The lowest BCUT2D eigenvalue weighted by atomic mass is 9.64. The lowest BCUT2D eigenvalue weighted by Gasteiger charge is -2.48. The molecule has 2 aliphatic heterocycles. The number of rotatable bonds is 4. The van der Waals surface area contributed by atoms with E-state index in [1.807, 2.05) is 6.07 Å². The molecule has 0 aromatic rings. The minimum atomic E-state index is -5.08. The summed E-state index contributed by atoms with van der Waals surface area (Å²) in [5.41, 5.74) is -0.124. The van der Waals surface area contributed by atoms with E-state index in [2.05, 4.69) is 5.32 Å². The molecule has 1 amide bonds. The SMILES string of the molecule is N#C[C@@H]1C[C@@H](F)CN1C(=O)CNC1(CO)CCC2(CCOCC2)CC1.O=C(O)C(F)(F)F. The van der Waals surface area contributed by atoms with Crippen LogP contribution in [0.15, 0.2) is 0 Å². The van der Waals surface area contributed by atoms with Gasteiger partial charge in [0.25, 0.3) is 0 Å². The molecule has 2 atom stereocenters. The average molecular weight is 467 g/mol. The summed E-state index contributed by atoms with van der Waals surface area (Å²) in [5.74, 6) is -3.02. The van der Waals surface area contributed by atoms with Gasteiger partial charge in [0.1, 0.15) is 12.2 Å². The molecular formula is C20H29F4N3O5. The Morgan fingerprint density at radius 2 is 1.72 bits per heavy atom. The van der Waals surface area contributed by atoms with Gasteiger partial charge in [0.2, 0.25) is 5.91 Å². The van der Waals surface area contributed by atoms with Gasteiger partial charge in [-0.1, -0.05) is 0 Å². The number of nitriles is 1. The number of hydrogen-bond acceptors (Lipinski definition) is 6. The highest BCUT2D eigenvalue weighted by Crippen LogP contribution is 2.47. The number of amides is 1. The van der Waals surface area contributed by atoms with E-state index in [4.69, 9.17) is 19.9 Å². The van der Waals surface area contributed by atoms with Crippen LogP contribution in [-0.2, 0) is 14.3 Å². The van der Waals surface area contributed by atoms with Gasteiger partial charge in [-0.3, -0.25) is 4.79 Å². The third-order valence-electron chi connectivity index (χ3n) is 6.70. The second-order valence-electron chi connectivity index (χ2n) is 8.73. The molecule has 1 saturated carbocycles. The molecule has 182 valence electrons. The first kappa shape index (κ1) is 26.3. The van der Waals surface area contributed by atoms with Crippen LogP contribution in [0.5, 0.6) is 0 Å². The van der Waals surface area contributed by atoms with Crippen LogP contribution < -0.4 is 5.32 Å². The third kappa shape index (κ3) is 6.76. The Kier molecular flexibility index (Phi) is 8.84. The van der Waals surface area contributed by atoms with Crippen molar-refractivity contribution in [2.24, 2.45) is 5.41 Å². The second kappa shape index (κ2) is 10.8. The third-order valence-corrected chi connectivity index (χ3v) is 6.70. The van der Waals surface area contributed by atoms with Crippen molar-refractivity contribution in [3.63, 3.8) is 0 Å². The number of carbonyl (C=O) groups is 2. The summed E-state index contributed by atoms with van der Waals surface area (Å²) in [6.07, 6.45) is -0.272. The van der Waals surface area contributed by atoms with E-state index in [0.717, 1.165) is 51.7 Å². The number of alkyl halides is 4. The Morgan fingerprint density at radius 1 is 1.16 bits per heavy atom. The number of likely N-dealkylation sites (tertiary alicyclic amines) is 1. The zero-order valence-corrected chi connectivity index (χ0v) is 17.7. The van der Waals surface area contributed by atoms with Gasteiger partial charge < -0.3 is 25.2 Å². The van der Waals surface area contributed by atoms with E-state index in [0.29, 0.717) is 5.41 Å². The number of hydrogen-bond donors (Lipinski definition) is 3. The van der Waals surface area contributed by atoms with Crippen LogP contribution in [0.3, 0.4) is 0 Å². The molecule has 0 bridgehead atoms. The number of carboxylic acids is 1. The van der Waals surface area contributed by atoms with Crippen molar-refractivity contribution in [1.82, 2.24) is 10.2 Å². The van der Waals surface area contributed by atoms with Crippen molar-refractivity contribution in [3.05, 3.63) is 0 Å². The summed E-state index contributed by atoms with van der Waals surface area (Å²) in [5, 5.41) is 29.4. The lowest BCUT2D eigenvalue weighted by Crippen LogP contribution is -2.56. The van der Waals surface area contributed by atoms with Gasteiger partial charge in [0.05, 0.1) is 25.8 Å². The predicted octanol–water partition coefficient (Wildman–Crippen LogP) is 1.77. The molecule has 2 saturated heterocycles. The Bertz CT molecular complexity index is 696. The highest BCUT2D eigenvalue weighted by atomic mass is 19.4. The van der Waals surface area contributed by atoms with Crippen LogP contribution in [0.4, 0.5) is 17.6 Å². The molecule has 8 nitrogen and oxygen atoms in total. The van der Waals surface area contributed by atoms with Gasteiger partial charge >= 0.3 is 12.1 Å². The fourth-order valence-corrected chi connectivity index (χ4v) is 4.50. The molecule has 3 N–H and O–H groups in total. The zero-order valence-electron chi connectivity index (χ0n) is 17.7. The maximum Gasteiger partial charge on any atom is 0.490 e. The normalized spacial score (nSPS) is 26.7. The molecule has 12 heteroatoms. The Hall–Kier alpha value is -1.97. The van der Waals surface area contributed by atoms with E-state index < -0.39 is 29.9 Å². The minimum Gasteiger partial charge on any atom is -0.475 e. The number of aliphatic carboxylic acids is 1. The van der Waals surface area contributed by atoms with Gasteiger partial charge in [0.15, 0.2) is 0 Å². The quantitative estimate of drug-likeness (QED) is 0.539. The summed E-state index contributed by atoms with van der Waals surface area (Å²) in [4.78, 5) is 22.6. The highest BCUT2D eigenvalue weighted by Gasteiger charge is 2.44. The average Bonchev–Trinajstić information content (AvgIpc) is 3.15. The Morgan fingerprint density at radius 3 is 2.19 bits per heavy atom. The maximum absolute atomic E-state index is 13.5. The van der Waals surface area contributed by atoms with Gasteiger partial charge in [-0.25, -0.2) is 9.18 Å². The maximum atomic E-state index is 13.5. The summed E-state index contributed by atoms with van der Waals surface area (Å²) in [6, 6.07) is 1.33. The van der Waals surface area contributed by atoms with Crippen molar-refractivity contribution in [3.8, 4) is 6.07 Å². The van der Waals surface area contributed by atoms with Crippen molar-refractivity contribution in [2.75, 3.05) is 32.9 Å². The van der Waals surface area contributed by atoms with Gasteiger partial charge in [-0.2, -0.15) is 18.4 Å². The minimum absolute atomic E-state index is 0.00598. The van der Waals surface area contributed by atoms with Crippen LogP contribution in [-0.4, -0.2) is 83.8 Å². The molecular weight excluding hydrogens is 438 g/mol. The van der Waals surface area contributed by atoms with Crippen molar-refractivity contribution >= 4 is 11.9 Å². The second-order valence-corrected chi connectivity index (χ2v) is 8.73. The summed E-state index contributed by atoms with van der Waals surface area (Å²) in [6.45, 7) is 1.65. The number of aliphatic hydroxyl groups is 1.